The Balaban J connectivity index is 3.12. The Hall–Kier alpha value is -1.63. The third kappa shape index (κ3) is 2.48. The second-order valence-electron chi connectivity index (χ2n) is 3.78. The molecule has 0 atom stereocenters. The summed E-state index contributed by atoms with van der Waals surface area (Å²) in [6.45, 7) is 4.06. The van der Waals surface area contributed by atoms with Crippen molar-refractivity contribution in [3.05, 3.63) is 16.3 Å². The molecular formula is C9H16N4O3. The number of aliphatic hydroxyl groups is 1. The normalized spacial score (nSPS) is 10.8. The Bertz CT molecular complexity index is 375. The maximum atomic E-state index is 10.8. The van der Waals surface area contributed by atoms with E-state index in [0.29, 0.717) is 12.4 Å². The molecule has 1 aromatic heterocycles. The van der Waals surface area contributed by atoms with E-state index in [4.69, 9.17) is 5.11 Å². The van der Waals surface area contributed by atoms with Crippen LogP contribution < -0.4 is 4.90 Å². The molecule has 0 unspecified atom stereocenters. The van der Waals surface area contributed by atoms with Crippen LogP contribution in [0.15, 0.2) is 6.20 Å². The fourth-order valence-electron chi connectivity index (χ4n) is 1.51. The number of nitrogens with zero attached hydrogens (tertiary/aromatic N) is 4. The minimum absolute atomic E-state index is 0.0374. The molecule has 7 heteroatoms. The lowest BCUT2D eigenvalue weighted by atomic mass is 10.3. The van der Waals surface area contributed by atoms with Crippen LogP contribution in [0, 0.1) is 10.1 Å². The Morgan fingerprint density at radius 3 is 2.75 bits per heavy atom. The second kappa shape index (κ2) is 4.93. The summed E-state index contributed by atoms with van der Waals surface area (Å²) in [7, 11) is 1.63. The first-order chi connectivity index (χ1) is 7.47. The Morgan fingerprint density at radius 1 is 1.69 bits per heavy atom. The van der Waals surface area contributed by atoms with Gasteiger partial charge in [-0.25, -0.2) is 0 Å². The smallest absolute Gasteiger partial charge is 0.330 e. The largest absolute Gasteiger partial charge is 0.395 e. The SMILES string of the molecule is CC(C)N(CCO)c1nn(C)cc1[N+](=O)[O-]. The van der Waals surface area contributed by atoms with Crippen LogP contribution in [-0.4, -0.2) is 39.0 Å². The molecule has 0 aromatic carbocycles. The molecule has 0 bridgehead atoms. The highest BCUT2D eigenvalue weighted by molar-refractivity contribution is 5.57. The van der Waals surface area contributed by atoms with Crippen LogP contribution in [0.25, 0.3) is 0 Å². The highest BCUT2D eigenvalue weighted by atomic mass is 16.6. The molecule has 0 fully saturated rings. The summed E-state index contributed by atoms with van der Waals surface area (Å²) >= 11 is 0. The van der Waals surface area contributed by atoms with Crippen LogP contribution in [0.2, 0.25) is 0 Å². The zero-order valence-electron chi connectivity index (χ0n) is 9.62. The molecule has 0 aliphatic carbocycles. The topological polar surface area (TPSA) is 84.4 Å². The van der Waals surface area contributed by atoms with E-state index in [1.165, 1.54) is 10.9 Å². The molecule has 0 saturated heterocycles. The summed E-state index contributed by atoms with van der Waals surface area (Å²) in [4.78, 5) is 12.1. The lowest BCUT2D eigenvalue weighted by molar-refractivity contribution is -0.384. The maximum Gasteiger partial charge on any atom is 0.330 e. The van der Waals surface area contributed by atoms with Crippen molar-refractivity contribution >= 4 is 11.5 Å². The van der Waals surface area contributed by atoms with E-state index >= 15 is 0 Å². The minimum Gasteiger partial charge on any atom is -0.395 e. The van der Waals surface area contributed by atoms with Gasteiger partial charge >= 0.3 is 5.69 Å². The number of hydrogen-bond donors (Lipinski definition) is 1. The predicted octanol–water partition coefficient (Wildman–Crippen LogP) is 0.535. The van der Waals surface area contributed by atoms with E-state index in [1.807, 2.05) is 13.8 Å². The first kappa shape index (κ1) is 12.4. The lowest BCUT2D eigenvalue weighted by Gasteiger charge is -2.24. The molecule has 0 amide bonds. The Labute approximate surface area is 93.4 Å². The molecule has 0 saturated carbocycles. The summed E-state index contributed by atoms with van der Waals surface area (Å²) in [5, 5.41) is 23.8. The van der Waals surface area contributed by atoms with Crippen molar-refractivity contribution in [2.75, 3.05) is 18.1 Å². The van der Waals surface area contributed by atoms with Crippen molar-refractivity contribution < 1.29 is 10.0 Å². The first-order valence-corrected chi connectivity index (χ1v) is 5.03. The molecule has 0 aliphatic rings. The van der Waals surface area contributed by atoms with Gasteiger partial charge in [0.15, 0.2) is 0 Å². The number of nitro groups is 1. The maximum absolute atomic E-state index is 10.8. The van der Waals surface area contributed by atoms with Gasteiger partial charge in [0.1, 0.15) is 6.20 Å². The summed E-state index contributed by atoms with van der Waals surface area (Å²) in [5.41, 5.74) is -0.0374. The molecule has 7 nitrogen and oxygen atoms in total. The molecule has 90 valence electrons. The summed E-state index contributed by atoms with van der Waals surface area (Å²) in [5.74, 6) is 0.302. The predicted molar refractivity (Wildman–Crippen MR) is 59.4 cm³/mol. The zero-order chi connectivity index (χ0) is 12.3. The third-order valence-corrected chi connectivity index (χ3v) is 2.22. The Kier molecular flexibility index (Phi) is 3.83. The van der Waals surface area contributed by atoms with Gasteiger partial charge in [-0.05, 0) is 13.8 Å². The second-order valence-corrected chi connectivity index (χ2v) is 3.78. The molecule has 0 aliphatic heterocycles. The van der Waals surface area contributed by atoms with Gasteiger partial charge in [-0.3, -0.25) is 14.8 Å². The van der Waals surface area contributed by atoms with Crippen molar-refractivity contribution in [3.8, 4) is 0 Å². The number of aromatic nitrogens is 2. The number of aryl methyl sites for hydroxylation is 1. The van der Waals surface area contributed by atoms with Gasteiger partial charge in [0.2, 0.25) is 5.82 Å². The van der Waals surface area contributed by atoms with Gasteiger partial charge in [0, 0.05) is 19.6 Å². The van der Waals surface area contributed by atoms with Crippen molar-refractivity contribution in [3.63, 3.8) is 0 Å². The average Bonchev–Trinajstić information content (AvgIpc) is 2.56. The zero-order valence-corrected chi connectivity index (χ0v) is 9.62. The summed E-state index contributed by atoms with van der Waals surface area (Å²) in [6, 6.07) is 0.0424. The summed E-state index contributed by atoms with van der Waals surface area (Å²) in [6.07, 6.45) is 1.36. The molecule has 1 N–H and O–H groups in total. The van der Waals surface area contributed by atoms with Crippen LogP contribution in [0.4, 0.5) is 11.5 Å². The van der Waals surface area contributed by atoms with E-state index in [0.717, 1.165) is 0 Å². The molecule has 1 heterocycles. The fraction of sp³-hybridized carbons (Fsp3) is 0.667. The van der Waals surface area contributed by atoms with Gasteiger partial charge in [-0.2, -0.15) is 0 Å². The summed E-state index contributed by atoms with van der Waals surface area (Å²) < 4.78 is 1.40. The van der Waals surface area contributed by atoms with Gasteiger partial charge in [0.05, 0.1) is 11.5 Å². The van der Waals surface area contributed by atoms with E-state index in [1.54, 1.807) is 11.9 Å². The highest BCUT2D eigenvalue weighted by Crippen LogP contribution is 2.26. The van der Waals surface area contributed by atoms with E-state index in [-0.39, 0.29) is 18.3 Å². The van der Waals surface area contributed by atoms with E-state index in [2.05, 4.69) is 5.10 Å². The van der Waals surface area contributed by atoms with Gasteiger partial charge in [0.25, 0.3) is 0 Å². The standard InChI is InChI=1S/C9H16N4O3/c1-7(2)12(4-5-14)9-8(13(15)16)6-11(3)10-9/h6-7,14H,4-5H2,1-3H3. The number of anilines is 1. The van der Waals surface area contributed by atoms with E-state index in [9.17, 15) is 10.1 Å². The lowest BCUT2D eigenvalue weighted by Crippen LogP contribution is -2.34. The fourth-order valence-corrected chi connectivity index (χ4v) is 1.51. The first-order valence-electron chi connectivity index (χ1n) is 5.03. The minimum atomic E-state index is -0.463. The molecule has 1 rings (SSSR count). The molecule has 1 aromatic rings. The molecular weight excluding hydrogens is 212 g/mol. The van der Waals surface area contributed by atoms with Gasteiger partial charge in [-0.1, -0.05) is 0 Å². The Morgan fingerprint density at radius 2 is 2.31 bits per heavy atom. The van der Waals surface area contributed by atoms with Crippen LogP contribution in [0.5, 0.6) is 0 Å². The van der Waals surface area contributed by atoms with E-state index < -0.39 is 4.92 Å². The van der Waals surface area contributed by atoms with Gasteiger partial charge < -0.3 is 10.0 Å². The third-order valence-electron chi connectivity index (χ3n) is 2.22. The monoisotopic (exact) mass is 228 g/mol. The average molecular weight is 228 g/mol. The van der Waals surface area contributed by atoms with Crippen molar-refractivity contribution in [1.82, 2.24) is 9.78 Å². The van der Waals surface area contributed by atoms with Crippen molar-refractivity contribution in [1.29, 1.82) is 0 Å². The van der Waals surface area contributed by atoms with Crippen LogP contribution in [0.3, 0.4) is 0 Å². The molecule has 0 radical (unpaired) electrons. The van der Waals surface area contributed by atoms with Gasteiger partial charge in [-0.15, -0.1) is 5.10 Å². The number of hydrogen-bond acceptors (Lipinski definition) is 5. The molecule has 0 spiro atoms. The quantitative estimate of drug-likeness (QED) is 0.587. The van der Waals surface area contributed by atoms with Crippen molar-refractivity contribution in [2.24, 2.45) is 7.05 Å². The van der Waals surface area contributed by atoms with Crippen LogP contribution in [0.1, 0.15) is 13.8 Å². The number of aliphatic hydroxyl groups excluding tert-OH is 1. The van der Waals surface area contributed by atoms with Crippen LogP contribution in [-0.2, 0) is 7.05 Å². The van der Waals surface area contributed by atoms with Crippen molar-refractivity contribution in [2.45, 2.75) is 19.9 Å². The highest BCUT2D eigenvalue weighted by Gasteiger charge is 2.25. The van der Waals surface area contributed by atoms with Crippen LogP contribution >= 0.6 is 0 Å². The number of rotatable bonds is 5. The molecule has 16 heavy (non-hydrogen) atoms.